The molecule has 0 radical (unpaired) electrons. The van der Waals surface area contributed by atoms with E-state index >= 15 is 0 Å². The van der Waals surface area contributed by atoms with Gasteiger partial charge in [-0.25, -0.2) is 0 Å². The van der Waals surface area contributed by atoms with Gasteiger partial charge in [0.25, 0.3) is 5.91 Å². The minimum absolute atomic E-state index is 0.155. The smallest absolute Gasteiger partial charge is 0.263 e. The lowest BCUT2D eigenvalue weighted by Crippen LogP contribution is -2.23. The summed E-state index contributed by atoms with van der Waals surface area (Å²) < 4.78 is 10.3. The predicted octanol–water partition coefficient (Wildman–Crippen LogP) is 1.93. The SMILES string of the molecule is CCCNC(=O)c1sc(NCCCOC)c(OC)c1N. The van der Waals surface area contributed by atoms with E-state index in [-0.39, 0.29) is 5.91 Å². The number of rotatable bonds is 9. The van der Waals surface area contributed by atoms with E-state index in [1.807, 2.05) is 6.92 Å². The number of hydrogen-bond donors (Lipinski definition) is 3. The largest absolute Gasteiger partial charge is 0.492 e. The van der Waals surface area contributed by atoms with Gasteiger partial charge in [-0.05, 0) is 12.8 Å². The number of thiophene rings is 1. The third kappa shape index (κ3) is 4.28. The van der Waals surface area contributed by atoms with Gasteiger partial charge in [0.15, 0.2) is 5.75 Å². The summed E-state index contributed by atoms with van der Waals surface area (Å²) in [5.41, 5.74) is 6.37. The van der Waals surface area contributed by atoms with Crippen molar-refractivity contribution >= 4 is 27.9 Å². The Balaban J connectivity index is 2.77. The second-order valence-electron chi connectivity index (χ2n) is 4.24. The molecule has 0 aromatic carbocycles. The minimum atomic E-state index is -0.155. The zero-order chi connectivity index (χ0) is 15.0. The fraction of sp³-hybridized carbons (Fsp3) is 0.615. The van der Waals surface area contributed by atoms with Crippen LogP contribution in [0.2, 0.25) is 0 Å². The zero-order valence-electron chi connectivity index (χ0n) is 12.2. The summed E-state index contributed by atoms with van der Waals surface area (Å²) in [6.45, 7) is 4.05. The summed E-state index contributed by atoms with van der Waals surface area (Å²) >= 11 is 1.31. The number of methoxy groups -OCH3 is 2. The van der Waals surface area contributed by atoms with Gasteiger partial charge in [0.05, 0.1) is 7.11 Å². The molecule has 1 aromatic heterocycles. The molecule has 0 saturated carbocycles. The molecule has 1 rings (SSSR count). The highest BCUT2D eigenvalue weighted by Gasteiger charge is 2.21. The van der Waals surface area contributed by atoms with E-state index in [1.54, 1.807) is 14.2 Å². The molecule has 0 saturated heterocycles. The fourth-order valence-electron chi connectivity index (χ4n) is 1.65. The van der Waals surface area contributed by atoms with Crippen LogP contribution in [0.5, 0.6) is 5.75 Å². The zero-order valence-corrected chi connectivity index (χ0v) is 13.1. The quantitative estimate of drug-likeness (QED) is 0.607. The summed E-state index contributed by atoms with van der Waals surface area (Å²) in [6.07, 6.45) is 1.76. The maximum absolute atomic E-state index is 12.0. The molecule has 0 fully saturated rings. The van der Waals surface area contributed by atoms with Crippen LogP contribution in [0, 0.1) is 0 Å². The van der Waals surface area contributed by atoms with Gasteiger partial charge in [-0.3, -0.25) is 4.79 Å². The average molecular weight is 301 g/mol. The maximum atomic E-state index is 12.0. The van der Waals surface area contributed by atoms with Gasteiger partial charge in [-0.1, -0.05) is 6.92 Å². The van der Waals surface area contributed by atoms with Crippen LogP contribution in [-0.4, -0.2) is 39.8 Å². The molecule has 20 heavy (non-hydrogen) atoms. The number of nitrogens with one attached hydrogen (secondary N) is 2. The average Bonchev–Trinajstić information content (AvgIpc) is 2.77. The van der Waals surface area contributed by atoms with Crippen molar-refractivity contribution in [2.75, 3.05) is 45.0 Å². The lowest BCUT2D eigenvalue weighted by molar-refractivity contribution is 0.0958. The van der Waals surface area contributed by atoms with Gasteiger partial charge in [0.2, 0.25) is 0 Å². The summed E-state index contributed by atoms with van der Waals surface area (Å²) in [4.78, 5) is 12.5. The number of carbonyl (C=O) groups excluding carboxylic acids is 1. The highest BCUT2D eigenvalue weighted by molar-refractivity contribution is 7.19. The highest BCUT2D eigenvalue weighted by atomic mass is 32.1. The van der Waals surface area contributed by atoms with E-state index in [0.29, 0.717) is 29.5 Å². The first-order chi connectivity index (χ1) is 9.65. The molecule has 0 atom stereocenters. The molecule has 1 heterocycles. The first kappa shape index (κ1) is 16.6. The number of ether oxygens (including phenoxy) is 2. The Morgan fingerprint density at radius 2 is 2.10 bits per heavy atom. The molecule has 4 N–H and O–H groups in total. The molecule has 7 heteroatoms. The number of amides is 1. The Bertz CT molecular complexity index is 435. The number of carbonyl (C=O) groups is 1. The molecule has 0 spiro atoms. The van der Waals surface area contributed by atoms with Crippen LogP contribution in [0.4, 0.5) is 10.7 Å². The van der Waals surface area contributed by atoms with Crippen LogP contribution in [0.15, 0.2) is 0 Å². The third-order valence-electron chi connectivity index (χ3n) is 2.66. The molecule has 0 aliphatic heterocycles. The number of hydrogen-bond acceptors (Lipinski definition) is 6. The molecule has 1 aromatic rings. The lowest BCUT2D eigenvalue weighted by atomic mass is 10.3. The van der Waals surface area contributed by atoms with Crippen LogP contribution >= 0.6 is 11.3 Å². The Kier molecular flexibility index (Phi) is 7.17. The van der Waals surface area contributed by atoms with Crippen molar-refractivity contribution in [2.24, 2.45) is 0 Å². The molecular formula is C13H23N3O3S. The Labute approximate surface area is 123 Å². The van der Waals surface area contributed by atoms with Gasteiger partial charge in [-0.2, -0.15) is 0 Å². The first-order valence-electron chi connectivity index (χ1n) is 6.62. The normalized spacial score (nSPS) is 10.3. The topological polar surface area (TPSA) is 85.6 Å². The van der Waals surface area contributed by atoms with Crippen molar-refractivity contribution < 1.29 is 14.3 Å². The standard InChI is InChI=1S/C13H23N3O3S/c1-4-6-15-12(17)11-9(14)10(19-3)13(20-11)16-7-5-8-18-2/h16H,4-8,14H2,1-3H3,(H,15,17). The van der Waals surface area contributed by atoms with Crippen molar-refractivity contribution in [2.45, 2.75) is 19.8 Å². The molecule has 0 bridgehead atoms. The number of anilines is 2. The van der Waals surface area contributed by atoms with Crippen molar-refractivity contribution in [3.8, 4) is 5.75 Å². The van der Waals surface area contributed by atoms with Crippen molar-refractivity contribution in [3.05, 3.63) is 4.88 Å². The van der Waals surface area contributed by atoms with Crippen LogP contribution < -0.4 is 21.1 Å². The predicted molar refractivity (Wildman–Crippen MR) is 82.9 cm³/mol. The lowest BCUT2D eigenvalue weighted by Gasteiger charge is -2.06. The Morgan fingerprint density at radius 3 is 2.70 bits per heavy atom. The Hall–Kier alpha value is -1.47. The summed E-state index contributed by atoms with van der Waals surface area (Å²) in [5, 5.41) is 6.82. The van der Waals surface area contributed by atoms with Crippen LogP contribution in [0.1, 0.15) is 29.4 Å². The summed E-state index contributed by atoms with van der Waals surface area (Å²) in [7, 11) is 3.21. The van der Waals surface area contributed by atoms with Crippen LogP contribution in [-0.2, 0) is 4.74 Å². The monoisotopic (exact) mass is 301 g/mol. The van der Waals surface area contributed by atoms with Crippen molar-refractivity contribution in [1.82, 2.24) is 5.32 Å². The van der Waals surface area contributed by atoms with Gasteiger partial charge < -0.3 is 25.8 Å². The number of nitrogen functional groups attached to an aromatic ring is 1. The Morgan fingerprint density at radius 1 is 1.35 bits per heavy atom. The molecule has 0 unspecified atom stereocenters. The second-order valence-corrected chi connectivity index (χ2v) is 5.26. The van der Waals surface area contributed by atoms with E-state index in [9.17, 15) is 4.79 Å². The van der Waals surface area contributed by atoms with Crippen LogP contribution in [0.25, 0.3) is 0 Å². The van der Waals surface area contributed by atoms with E-state index < -0.39 is 0 Å². The molecule has 1 amide bonds. The molecular weight excluding hydrogens is 278 g/mol. The van der Waals surface area contributed by atoms with E-state index in [4.69, 9.17) is 15.2 Å². The van der Waals surface area contributed by atoms with Gasteiger partial charge in [0, 0.05) is 26.8 Å². The van der Waals surface area contributed by atoms with Gasteiger partial charge in [0.1, 0.15) is 15.6 Å². The molecule has 6 nitrogen and oxygen atoms in total. The molecule has 0 aliphatic carbocycles. The van der Waals surface area contributed by atoms with Crippen LogP contribution in [0.3, 0.4) is 0 Å². The van der Waals surface area contributed by atoms with E-state index in [0.717, 1.165) is 24.4 Å². The van der Waals surface area contributed by atoms with E-state index in [1.165, 1.54) is 11.3 Å². The van der Waals surface area contributed by atoms with Crippen molar-refractivity contribution in [1.29, 1.82) is 0 Å². The van der Waals surface area contributed by atoms with Gasteiger partial charge >= 0.3 is 0 Å². The van der Waals surface area contributed by atoms with E-state index in [2.05, 4.69) is 10.6 Å². The van der Waals surface area contributed by atoms with Gasteiger partial charge in [-0.15, -0.1) is 11.3 Å². The fourth-order valence-corrected chi connectivity index (χ4v) is 2.69. The second kappa shape index (κ2) is 8.65. The summed E-state index contributed by atoms with van der Waals surface area (Å²) in [6, 6.07) is 0. The minimum Gasteiger partial charge on any atom is -0.492 e. The highest BCUT2D eigenvalue weighted by Crippen LogP contribution is 2.42. The summed E-state index contributed by atoms with van der Waals surface area (Å²) in [5.74, 6) is 0.381. The maximum Gasteiger partial charge on any atom is 0.263 e. The number of nitrogens with two attached hydrogens (primary N) is 1. The third-order valence-corrected chi connectivity index (χ3v) is 3.80. The molecule has 0 aliphatic rings. The first-order valence-corrected chi connectivity index (χ1v) is 7.44. The van der Waals surface area contributed by atoms with Crippen molar-refractivity contribution in [3.63, 3.8) is 0 Å². The molecule has 114 valence electrons.